The van der Waals surface area contributed by atoms with Crippen LogP contribution in [0.25, 0.3) is 0 Å². The van der Waals surface area contributed by atoms with Crippen molar-refractivity contribution in [3.63, 3.8) is 0 Å². The van der Waals surface area contributed by atoms with E-state index in [0.29, 0.717) is 0 Å². The summed E-state index contributed by atoms with van der Waals surface area (Å²) in [4.78, 5) is 21.1. The van der Waals surface area contributed by atoms with E-state index in [2.05, 4.69) is 53.1 Å². The quantitative estimate of drug-likeness (QED) is 0.593. The summed E-state index contributed by atoms with van der Waals surface area (Å²) in [6.07, 6.45) is 0. The summed E-state index contributed by atoms with van der Waals surface area (Å²) >= 11 is 13.9. The number of alkyl halides is 3. The summed E-state index contributed by atoms with van der Waals surface area (Å²) in [6.45, 7) is -0.190. The number of rotatable bonds is 2. The third-order valence-electron chi connectivity index (χ3n) is 0.645. The van der Waals surface area contributed by atoms with E-state index in [0.717, 1.165) is 0 Å². The van der Waals surface area contributed by atoms with Gasteiger partial charge in [0, 0.05) is 0 Å². The van der Waals surface area contributed by atoms with Gasteiger partial charge in [-0.1, -0.05) is 0 Å². The minimum absolute atomic E-state index is 0.190. The summed E-state index contributed by atoms with van der Waals surface area (Å²) in [7, 11) is 0. The lowest BCUT2D eigenvalue weighted by molar-refractivity contribution is -0.121. The van der Waals surface area contributed by atoms with E-state index in [1.54, 1.807) is 0 Å². The van der Waals surface area contributed by atoms with Crippen LogP contribution in [0.15, 0.2) is 0 Å². The van der Waals surface area contributed by atoms with Crippen LogP contribution < -0.4 is 5.32 Å². The molecule has 0 atom stereocenters. The molecule has 11 heavy (non-hydrogen) atoms. The molecule has 0 radical (unpaired) electrons. The third-order valence-corrected chi connectivity index (χ3v) is 1.86. The van der Waals surface area contributed by atoms with Crippen LogP contribution in [-0.2, 0) is 9.59 Å². The molecule has 0 saturated carbocycles. The van der Waals surface area contributed by atoms with Gasteiger partial charge in [0.1, 0.15) is 0 Å². The van der Waals surface area contributed by atoms with Crippen LogP contribution in [-0.4, -0.2) is 19.8 Å². The lowest BCUT2D eigenvalue weighted by Crippen LogP contribution is -2.35. The summed E-state index contributed by atoms with van der Waals surface area (Å²) in [5.41, 5.74) is 0. The maximum absolute atomic E-state index is 10.9. The van der Waals surface area contributed by atoms with Crippen LogP contribution in [0.1, 0.15) is 0 Å². The molecule has 7 heteroatoms. The third kappa shape index (κ3) is 6.07. The van der Waals surface area contributed by atoms with Crippen LogP contribution in [0.2, 0.25) is 0 Å². The van der Waals surface area contributed by atoms with Gasteiger partial charge in [-0.25, -0.2) is 0 Å². The van der Waals surface area contributed by atoms with Crippen LogP contribution in [0, 0.1) is 0 Å². The second-order valence-corrected chi connectivity index (χ2v) is 8.72. The van der Waals surface area contributed by atoms with Gasteiger partial charge in [-0.2, -0.15) is 0 Å². The molecule has 3 nitrogen and oxygen atoms in total. The topological polar surface area (TPSA) is 46.2 Å². The molecule has 0 aromatic rings. The zero-order chi connectivity index (χ0) is 9.07. The second-order valence-electron chi connectivity index (χ2n) is 1.54. The van der Waals surface area contributed by atoms with Crippen molar-refractivity contribution in [1.82, 2.24) is 5.32 Å². The summed E-state index contributed by atoms with van der Waals surface area (Å²) in [5, 5.41) is 1.65. The molecule has 0 aromatic carbocycles. The highest BCUT2D eigenvalue weighted by atomic mass is 80.0. The van der Waals surface area contributed by atoms with E-state index in [-0.39, 0.29) is 6.54 Å². The van der Waals surface area contributed by atoms with Gasteiger partial charge in [0.2, 0.25) is 7.39 Å². The molecule has 0 aliphatic heterocycles. The Kier molecular flexibility index (Phi) is 5.17. The fourth-order valence-corrected chi connectivity index (χ4v) is 0.737. The number of amides is 1. The monoisotopic (exact) mass is 369 g/mol. The molecule has 0 heterocycles. The van der Waals surface area contributed by atoms with Gasteiger partial charge in [0.05, 0.1) is 6.54 Å². The second kappa shape index (κ2) is 4.79. The first kappa shape index (κ1) is 11.9. The highest BCUT2D eigenvalue weighted by molar-refractivity contribution is 9.40. The van der Waals surface area contributed by atoms with Crippen molar-refractivity contribution in [2.45, 2.75) is 2.14 Å². The molecule has 1 N–H and O–H groups in total. The average molecular weight is 372 g/mol. The van der Waals surface area contributed by atoms with Crippen LogP contribution in [0.3, 0.4) is 0 Å². The Bertz CT molecular complexity index is 179. The minimum atomic E-state index is -1.03. The van der Waals surface area contributed by atoms with E-state index in [1.165, 1.54) is 0 Å². The normalized spacial score (nSPS) is 10.9. The Morgan fingerprint density at radius 2 is 1.82 bits per heavy atom. The van der Waals surface area contributed by atoms with Crippen molar-refractivity contribution < 1.29 is 9.59 Å². The molecule has 0 aliphatic carbocycles. The number of halogens is 4. The summed E-state index contributed by atoms with van der Waals surface area (Å²) < 4.78 is -1.03. The molecule has 0 aliphatic rings. The van der Waals surface area contributed by atoms with Gasteiger partial charge < -0.3 is 5.32 Å². The van der Waals surface area contributed by atoms with E-state index in [1.807, 2.05) is 0 Å². The molecule has 1 amide bonds. The van der Waals surface area contributed by atoms with Crippen molar-refractivity contribution >= 4 is 70.5 Å². The zero-order valence-electron chi connectivity index (χ0n) is 5.04. The Balaban J connectivity index is 3.80. The Morgan fingerprint density at radius 1 is 1.36 bits per heavy atom. The van der Waals surface area contributed by atoms with Gasteiger partial charge in [0.15, 0.2) is 0 Å². The van der Waals surface area contributed by atoms with Gasteiger partial charge in [-0.15, -0.1) is 0 Å². The first-order valence-electron chi connectivity index (χ1n) is 2.37. The molecule has 0 unspecified atom stereocenters. The largest absolute Gasteiger partial charge is 0.345 e. The van der Waals surface area contributed by atoms with Crippen molar-refractivity contribution in [2.75, 3.05) is 6.54 Å². The Labute approximate surface area is 93.6 Å². The number of carbonyl (C=O) groups excluding carboxylic acids is 2. The number of hydrogen-bond acceptors (Lipinski definition) is 2. The predicted molar refractivity (Wildman–Crippen MR) is 53.4 cm³/mol. The lowest BCUT2D eigenvalue weighted by atomic mass is 10.6. The fourth-order valence-electron chi connectivity index (χ4n) is 0.250. The van der Waals surface area contributed by atoms with Gasteiger partial charge >= 0.3 is 0 Å². The van der Waals surface area contributed by atoms with E-state index >= 15 is 0 Å². The van der Waals surface area contributed by atoms with Crippen molar-refractivity contribution in [1.29, 1.82) is 0 Å². The Hall–Kier alpha value is 0.870. The number of hydrogen-bond donors (Lipinski definition) is 1. The van der Waals surface area contributed by atoms with Crippen LogP contribution in [0.4, 0.5) is 0 Å². The maximum Gasteiger partial charge on any atom is 0.259 e. The molecule has 64 valence electrons. The molecule has 0 bridgehead atoms. The molecular formula is C4H3Br3ClNO2. The number of carbonyl (C=O) groups is 2. The molecule has 0 aromatic heterocycles. The fraction of sp³-hybridized carbons (Fsp3) is 0.500. The standard InChI is InChI=1S/C4H3Br3ClNO2/c5-4(6,7)3(11)9-1-2(8)10/h1H2,(H,9,11). The molecule has 0 saturated heterocycles. The van der Waals surface area contributed by atoms with Gasteiger partial charge in [0.25, 0.3) is 5.91 Å². The van der Waals surface area contributed by atoms with Crippen molar-refractivity contribution in [3.8, 4) is 0 Å². The van der Waals surface area contributed by atoms with Crippen LogP contribution in [0.5, 0.6) is 0 Å². The van der Waals surface area contributed by atoms with E-state index < -0.39 is 13.3 Å². The average Bonchev–Trinajstić information content (AvgIpc) is 1.80. The summed E-state index contributed by atoms with van der Waals surface area (Å²) in [6, 6.07) is 0. The minimum Gasteiger partial charge on any atom is -0.345 e. The molecule has 0 fully saturated rings. The first-order chi connectivity index (χ1) is 4.84. The van der Waals surface area contributed by atoms with Crippen molar-refractivity contribution in [3.05, 3.63) is 0 Å². The zero-order valence-corrected chi connectivity index (χ0v) is 10.5. The van der Waals surface area contributed by atoms with Crippen LogP contribution >= 0.6 is 59.4 Å². The van der Waals surface area contributed by atoms with E-state index in [9.17, 15) is 9.59 Å². The summed E-state index contributed by atoms with van der Waals surface area (Å²) in [5.74, 6) is -0.425. The lowest BCUT2D eigenvalue weighted by Gasteiger charge is -2.10. The SMILES string of the molecule is O=C(Cl)CNC(=O)C(Br)(Br)Br. The highest BCUT2D eigenvalue weighted by Gasteiger charge is 2.28. The van der Waals surface area contributed by atoms with Gasteiger partial charge in [-0.05, 0) is 59.4 Å². The first-order valence-corrected chi connectivity index (χ1v) is 5.13. The molecular weight excluding hydrogens is 369 g/mol. The van der Waals surface area contributed by atoms with E-state index in [4.69, 9.17) is 11.6 Å². The molecule has 0 rings (SSSR count). The van der Waals surface area contributed by atoms with Gasteiger partial charge in [-0.3, -0.25) is 9.59 Å². The predicted octanol–water partition coefficient (Wildman–Crippen LogP) is 1.71. The van der Waals surface area contributed by atoms with Crippen molar-refractivity contribution in [2.24, 2.45) is 0 Å². The number of nitrogens with one attached hydrogen (secondary N) is 1. The maximum atomic E-state index is 10.9. The molecule has 0 spiro atoms. The Morgan fingerprint density at radius 3 is 2.09 bits per heavy atom. The smallest absolute Gasteiger partial charge is 0.259 e. The highest BCUT2D eigenvalue weighted by Crippen LogP contribution is 2.33.